The van der Waals surface area contributed by atoms with Crippen LogP contribution >= 0.6 is 0 Å². The molecule has 0 amide bonds. The minimum Gasteiger partial charge on any atom is -0.311 e. The molecule has 1 aliphatic heterocycles. The Balaban J connectivity index is 2.13. The largest absolute Gasteiger partial charge is 0.311 e. The van der Waals surface area contributed by atoms with Crippen LogP contribution in [0.3, 0.4) is 0 Å². The van der Waals surface area contributed by atoms with Gasteiger partial charge in [-0.1, -0.05) is 26.8 Å². The number of aryl methyl sites for hydroxylation is 1. The zero-order chi connectivity index (χ0) is 14.7. The highest BCUT2D eigenvalue weighted by Crippen LogP contribution is 2.20. The lowest BCUT2D eigenvalue weighted by Crippen LogP contribution is -2.57. The Bertz CT molecular complexity index is 445. The zero-order valence-corrected chi connectivity index (χ0v) is 13.1. The maximum atomic E-state index is 13.5. The van der Waals surface area contributed by atoms with Gasteiger partial charge in [0.15, 0.2) is 0 Å². The highest BCUT2D eigenvalue weighted by atomic mass is 19.1. The minimum atomic E-state index is -0.130. The molecule has 2 nitrogen and oxygen atoms in total. The maximum absolute atomic E-state index is 13.5. The summed E-state index contributed by atoms with van der Waals surface area (Å²) in [5.41, 5.74) is 2.30. The van der Waals surface area contributed by atoms with Crippen molar-refractivity contribution < 1.29 is 4.39 Å². The van der Waals surface area contributed by atoms with Crippen LogP contribution in [-0.2, 0) is 6.54 Å². The number of nitrogens with zero attached hydrogens (tertiary/aromatic N) is 1. The summed E-state index contributed by atoms with van der Waals surface area (Å²) in [7, 11) is 0. The Morgan fingerprint density at radius 1 is 1.40 bits per heavy atom. The van der Waals surface area contributed by atoms with Crippen LogP contribution in [0.1, 0.15) is 38.3 Å². The van der Waals surface area contributed by atoms with E-state index in [0.717, 1.165) is 31.6 Å². The van der Waals surface area contributed by atoms with Gasteiger partial charge >= 0.3 is 0 Å². The topological polar surface area (TPSA) is 15.3 Å². The molecule has 112 valence electrons. The van der Waals surface area contributed by atoms with E-state index in [1.165, 1.54) is 5.56 Å². The molecule has 1 aliphatic rings. The Hall–Kier alpha value is -0.930. The van der Waals surface area contributed by atoms with Gasteiger partial charge < -0.3 is 5.32 Å². The number of nitrogens with one attached hydrogen (secondary N) is 1. The number of benzene rings is 1. The van der Waals surface area contributed by atoms with Gasteiger partial charge in [0.1, 0.15) is 5.82 Å². The molecule has 1 aromatic rings. The molecule has 2 unspecified atom stereocenters. The summed E-state index contributed by atoms with van der Waals surface area (Å²) in [6.07, 6.45) is 1.13. The SMILES string of the molecule is CCC1CNC(C(C)C)CN1Cc1cc(F)ccc1C. The van der Waals surface area contributed by atoms with Crippen molar-refractivity contribution in [2.75, 3.05) is 13.1 Å². The first-order valence-corrected chi connectivity index (χ1v) is 7.73. The van der Waals surface area contributed by atoms with Crippen molar-refractivity contribution in [1.29, 1.82) is 0 Å². The number of halogens is 1. The van der Waals surface area contributed by atoms with Gasteiger partial charge in [-0.05, 0) is 42.5 Å². The van der Waals surface area contributed by atoms with E-state index in [0.29, 0.717) is 18.0 Å². The zero-order valence-electron chi connectivity index (χ0n) is 13.1. The van der Waals surface area contributed by atoms with Crippen LogP contribution in [0.25, 0.3) is 0 Å². The maximum Gasteiger partial charge on any atom is 0.123 e. The predicted octanol–water partition coefficient (Wildman–Crippen LogP) is 3.34. The number of hydrogen-bond acceptors (Lipinski definition) is 2. The Morgan fingerprint density at radius 2 is 2.15 bits per heavy atom. The third-order valence-electron chi connectivity index (χ3n) is 4.52. The quantitative estimate of drug-likeness (QED) is 0.908. The van der Waals surface area contributed by atoms with Gasteiger partial charge in [-0.2, -0.15) is 0 Å². The lowest BCUT2D eigenvalue weighted by molar-refractivity contribution is 0.103. The number of hydrogen-bond donors (Lipinski definition) is 1. The normalized spacial score (nSPS) is 24.3. The molecule has 0 bridgehead atoms. The van der Waals surface area contributed by atoms with E-state index in [1.807, 2.05) is 6.07 Å². The summed E-state index contributed by atoms with van der Waals surface area (Å²) < 4.78 is 13.5. The molecule has 0 aromatic heterocycles. The fraction of sp³-hybridized carbons (Fsp3) is 0.647. The lowest BCUT2D eigenvalue weighted by atomic mass is 9.97. The summed E-state index contributed by atoms with van der Waals surface area (Å²) in [5, 5.41) is 3.65. The molecule has 1 N–H and O–H groups in total. The van der Waals surface area contributed by atoms with E-state index in [4.69, 9.17) is 0 Å². The van der Waals surface area contributed by atoms with Gasteiger partial charge in [0, 0.05) is 31.7 Å². The van der Waals surface area contributed by atoms with Gasteiger partial charge in [0.2, 0.25) is 0 Å². The second-order valence-corrected chi connectivity index (χ2v) is 6.32. The molecular formula is C17H27FN2. The van der Waals surface area contributed by atoms with Crippen LogP contribution < -0.4 is 5.32 Å². The first-order chi connectivity index (χ1) is 9.51. The van der Waals surface area contributed by atoms with Gasteiger partial charge in [0.05, 0.1) is 0 Å². The first kappa shape index (κ1) is 15.5. The lowest BCUT2D eigenvalue weighted by Gasteiger charge is -2.42. The highest BCUT2D eigenvalue weighted by molar-refractivity contribution is 5.26. The van der Waals surface area contributed by atoms with E-state index >= 15 is 0 Å². The van der Waals surface area contributed by atoms with Gasteiger partial charge in [0.25, 0.3) is 0 Å². The summed E-state index contributed by atoms with van der Waals surface area (Å²) in [4.78, 5) is 2.52. The molecule has 0 aliphatic carbocycles. The van der Waals surface area contributed by atoms with Crippen LogP contribution in [0.4, 0.5) is 4.39 Å². The number of piperazine rings is 1. The highest BCUT2D eigenvalue weighted by Gasteiger charge is 2.28. The molecule has 1 aromatic carbocycles. The summed E-state index contributed by atoms with van der Waals surface area (Å²) in [5.74, 6) is 0.498. The average molecular weight is 278 g/mol. The van der Waals surface area contributed by atoms with Crippen LogP contribution in [0.2, 0.25) is 0 Å². The fourth-order valence-corrected chi connectivity index (χ4v) is 2.95. The van der Waals surface area contributed by atoms with Crippen molar-refractivity contribution in [3.63, 3.8) is 0 Å². The smallest absolute Gasteiger partial charge is 0.123 e. The van der Waals surface area contributed by atoms with Gasteiger partial charge in [-0.15, -0.1) is 0 Å². The molecule has 20 heavy (non-hydrogen) atoms. The molecule has 0 spiro atoms. The van der Waals surface area contributed by atoms with Crippen LogP contribution in [0.15, 0.2) is 18.2 Å². The van der Waals surface area contributed by atoms with Crippen LogP contribution in [-0.4, -0.2) is 30.1 Å². The summed E-state index contributed by atoms with van der Waals surface area (Å²) in [6.45, 7) is 11.8. The van der Waals surface area contributed by atoms with E-state index in [2.05, 4.69) is 37.9 Å². The monoisotopic (exact) mass is 278 g/mol. The summed E-state index contributed by atoms with van der Waals surface area (Å²) >= 11 is 0. The second kappa shape index (κ2) is 6.68. The Kier molecular flexibility index (Phi) is 5.17. The third kappa shape index (κ3) is 3.58. The molecule has 1 heterocycles. The standard InChI is InChI=1S/C17H27FN2/c1-5-16-9-19-17(12(2)3)11-20(16)10-14-8-15(18)7-6-13(14)4/h6-8,12,16-17,19H,5,9-11H2,1-4H3. The first-order valence-electron chi connectivity index (χ1n) is 7.73. The van der Waals surface area contributed by atoms with E-state index < -0.39 is 0 Å². The van der Waals surface area contributed by atoms with Crippen molar-refractivity contribution in [1.82, 2.24) is 10.2 Å². The Morgan fingerprint density at radius 3 is 2.80 bits per heavy atom. The van der Waals surface area contributed by atoms with E-state index in [9.17, 15) is 4.39 Å². The van der Waals surface area contributed by atoms with Crippen molar-refractivity contribution in [2.24, 2.45) is 5.92 Å². The number of rotatable bonds is 4. The molecule has 0 radical (unpaired) electrons. The van der Waals surface area contributed by atoms with Crippen molar-refractivity contribution in [3.8, 4) is 0 Å². The van der Waals surface area contributed by atoms with Gasteiger partial charge in [-0.25, -0.2) is 4.39 Å². The molecule has 2 atom stereocenters. The van der Waals surface area contributed by atoms with Crippen molar-refractivity contribution in [2.45, 2.75) is 52.7 Å². The minimum absolute atomic E-state index is 0.130. The Labute approximate surface area is 122 Å². The van der Waals surface area contributed by atoms with E-state index in [1.54, 1.807) is 12.1 Å². The summed E-state index contributed by atoms with van der Waals surface area (Å²) in [6, 6.07) is 6.20. The molecule has 0 saturated carbocycles. The van der Waals surface area contributed by atoms with Crippen molar-refractivity contribution >= 4 is 0 Å². The van der Waals surface area contributed by atoms with E-state index in [-0.39, 0.29) is 5.82 Å². The third-order valence-corrected chi connectivity index (χ3v) is 4.52. The van der Waals surface area contributed by atoms with Gasteiger partial charge in [-0.3, -0.25) is 4.90 Å². The molecule has 1 fully saturated rings. The predicted molar refractivity (Wildman–Crippen MR) is 82.3 cm³/mol. The molecule has 1 saturated heterocycles. The molecule has 3 heteroatoms. The van der Waals surface area contributed by atoms with Crippen molar-refractivity contribution in [3.05, 3.63) is 35.1 Å². The average Bonchev–Trinajstić information content (AvgIpc) is 2.42. The molecular weight excluding hydrogens is 251 g/mol. The fourth-order valence-electron chi connectivity index (χ4n) is 2.95. The second-order valence-electron chi connectivity index (χ2n) is 6.32. The van der Waals surface area contributed by atoms with Crippen LogP contribution in [0, 0.1) is 18.7 Å². The molecule has 2 rings (SSSR count). The van der Waals surface area contributed by atoms with Crippen LogP contribution in [0.5, 0.6) is 0 Å².